The molecule has 0 bridgehead atoms. The number of carbonyl (C=O) groups is 1. The van der Waals surface area contributed by atoms with Crippen LogP contribution in [0.25, 0.3) is 0 Å². The van der Waals surface area contributed by atoms with Crippen LogP contribution in [0.3, 0.4) is 0 Å². The second-order valence-electron chi connectivity index (χ2n) is 6.04. The van der Waals surface area contributed by atoms with E-state index in [1.165, 1.54) is 36.3 Å². The molecular formula is C18H19FN2O4S. The molecule has 0 saturated carbocycles. The molecule has 138 valence electrons. The third kappa shape index (κ3) is 3.42. The number of hydrogen-bond acceptors (Lipinski definition) is 4. The van der Waals surface area contributed by atoms with E-state index in [1.807, 2.05) is 0 Å². The van der Waals surface area contributed by atoms with E-state index in [2.05, 4.69) is 4.72 Å². The summed E-state index contributed by atoms with van der Waals surface area (Å²) in [6.45, 7) is 1.90. The van der Waals surface area contributed by atoms with Crippen LogP contribution in [-0.2, 0) is 14.8 Å². The minimum Gasteiger partial charge on any atom is -0.497 e. The molecule has 1 saturated heterocycles. The summed E-state index contributed by atoms with van der Waals surface area (Å²) in [6.07, 6.45) is 0.265. The molecule has 1 aliphatic rings. The second-order valence-corrected chi connectivity index (χ2v) is 7.72. The van der Waals surface area contributed by atoms with Gasteiger partial charge in [-0.05, 0) is 49.2 Å². The molecule has 0 aliphatic carbocycles. The first-order chi connectivity index (χ1) is 12.3. The molecule has 0 spiro atoms. The largest absolute Gasteiger partial charge is 0.497 e. The van der Waals surface area contributed by atoms with E-state index in [0.717, 1.165) is 0 Å². The van der Waals surface area contributed by atoms with Crippen LogP contribution in [0, 0.1) is 12.7 Å². The van der Waals surface area contributed by atoms with Crippen LogP contribution in [0.1, 0.15) is 12.0 Å². The number of carbonyl (C=O) groups excluding carboxylic acids is 1. The highest BCUT2D eigenvalue weighted by molar-refractivity contribution is 7.89. The molecular weight excluding hydrogens is 359 g/mol. The summed E-state index contributed by atoms with van der Waals surface area (Å²) in [5, 5.41) is 0. The van der Waals surface area contributed by atoms with Gasteiger partial charge in [0.25, 0.3) is 0 Å². The number of benzene rings is 2. The quantitative estimate of drug-likeness (QED) is 0.866. The van der Waals surface area contributed by atoms with Gasteiger partial charge in [-0.1, -0.05) is 12.1 Å². The van der Waals surface area contributed by atoms with E-state index in [4.69, 9.17) is 4.74 Å². The number of aryl methyl sites for hydroxylation is 1. The van der Waals surface area contributed by atoms with Crippen molar-refractivity contribution in [3.8, 4) is 5.75 Å². The predicted octanol–water partition coefficient (Wildman–Crippen LogP) is 2.23. The average molecular weight is 378 g/mol. The molecule has 2 aromatic rings. The number of amides is 1. The maximum Gasteiger partial charge on any atom is 0.245 e. The highest BCUT2D eigenvalue weighted by Gasteiger charge is 2.36. The van der Waals surface area contributed by atoms with Crippen LogP contribution in [0.4, 0.5) is 10.1 Å². The van der Waals surface area contributed by atoms with Crippen molar-refractivity contribution in [2.45, 2.75) is 24.3 Å². The Morgan fingerprint density at radius 3 is 2.62 bits per heavy atom. The van der Waals surface area contributed by atoms with E-state index in [0.29, 0.717) is 11.3 Å². The molecule has 1 heterocycles. The zero-order valence-corrected chi connectivity index (χ0v) is 15.2. The van der Waals surface area contributed by atoms with Gasteiger partial charge in [0.05, 0.1) is 17.7 Å². The number of ether oxygens (including phenoxy) is 1. The van der Waals surface area contributed by atoms with Crippen molar-refractivity contribution >= 4 is 21.6 Å². The van der Waals surface area contributed by atoms with Gasteiger partial charge in [0.1, 0.15) is 17.6 Å². The van der Waals surface area contributed by atoms with Gasteiger partial charge in [-0.3, -0.25) is 4.79 Å². The SMILES string of the molecule is COc1ccc(S(=O)(=O)NC2CCN(c3ccccc3F)C2=O)c(C)c1. The fraction of sp³-hybridized carbons (Fsp3) is 0.278. The van der Waals surface area contributed by atoms with E-state index in [9.17, 15) is 17.6 Å². The van der Waals surface area contributed by atoms with Crippen molar-refractivity contribution < 1.29 is 22.3 Å². The van der Waals surface area contributed by atoms with Crippen LogP contribution >= 0.6 is 0 Å². The first-order valence-corrected chi connectivity index (χ1v) is 9.54. The van der Waals surface area contributed by atoms with E-state index in [-0.39, 0.29) is 23.5 Å². The Morgan fingerprint density at radius 1 is 1.23 bits per heavy atom. The molecule has 6 nitrogen and oxygen atoms in total. The molecule has 0 aromatic heterocycles. The molecule has 0 radical (unpaired) electrons. The lowest BCUT2D eigenvalue weighted by molar-refractivity contribution is -0.118. The first-order valence-electron chi connectivity index (χ1n) is 8.06. The normalized spacial score (nSPS) is 17.6. The summed E-state index contributed by atoms with van der Waals surface area (Å²) in [5.41, 5.74) is 0.660. The van der Waals surface area contributed by atoms with Crippen molar-refractivity contribution in [1.82, 2.24) is 4.72 Å². The second kappa shape index (κ2) is 7.05. The summed E-state index contributed by atoms with van der Waals surface area (Å²) in [4.78, 5) is 13.9. The van der Waals surface area contributed by atoms with Crippen LogP contribution < -0.4 is 14.4 Å². The van der Waals surface area contributed by atoms with Crippen LogP contribution in [0.5, 0.6) is 5.75 Å². The number of nitrogens with one attached hydrogen (secondary N) is 1. The Morgan fingerprint density at radius 2 is 1.96 bits per heavy atom. The Balaban J connectivity index is 1.81. The number of rotatable bonds is 5. The first kappa shape index (κ1) is 18.3. The summed E-state index contributed by atoms with van der Waals surface area (Å²) >= 11 is 0. The van der Waals surface area contributed by atoms with E-state index < -0.39 is 27.8 Å². The zero-order valence-electron chi connectivity index (χ0n) is 14.4. The number of sulfonamides is 1. The summed E-state index contributed by atoms with van der Waals surface area (Å²) in [7, 11) is -2.40. The Bertz CT molecular complexity index is 946. The lowest BCUT2D eigenvalue weighted by Crippen LogP contribution is -2.41. The van der Waals surface area contributed by atoms with Gasteiger partial charge >= 0.3 is 0 Å². The van der Waals surface area contributed by atoms with Gasteiger partial charge in [0, 0.05) is 6.54 Å². The van der Waals surface area contributed by atoms with Gasteiger partial charge in [0.2, 0.25) is 15.9 Å². The predicted molar refractivity (Wildman–Crippen MR) is 95.2 cm³/mol. The molecule has 1 atom stereocenters. The number of nitrogens with zero attached hydrogens (tertiary/aromatic N) is 1. The molecule has 2 aromatic carbocycles. The van der Waals surface area contributed by atoms with Gasteiger partial charge in [-0.2, -0.15) is 4.72 Å². The van der Waals surface area contributed by atoms with Gasteiger partial charge in [-0.15, -0.1) is 0 Å². The number of anilines is 1. The maximum absolute atomic E-state index is 13.9. The number of hydrogen-bond donors (Lipinski definition) is 1. The minimum atomic E-state index is -3.89. The van der Waals surface area contributed by atoms with Crippen molar-refractivity contribution in [2.75, 3.05) is 18.6 Å². The molecule has 1 fully saturated rings. The highest BCUT2D eigenvalue weighted by Crippen LogP contribution is 2.26. The Hall–Kier alpha value is -2.45. The van der Waals surface area contributed by atoms with Crippen molar-refractivity contribution in [2.24, 2.45) is 0 Å². The average Bonchev–Trinajstić information content (AvgIpc) is 2.95. The Kier molecular flexibility index (Phi) is 4.97. The summed E-state index contributed by atoms with van der Waals surface area (Å²) < 4.78 is 46.8. The molecule has 1 aliphatic heterocycles. The lowest BCUT2D eigenvalue weighted by atomic mass is 10.2. The topological polar surface area (TPSA) is 75.7 Å². The highest BCUT2D eigenvalue weighted by atomic mass is 32.2. The number of para-hydroxylation sites is 1. The van der Waals surface area contributed by atoms with E-state index in [1.54, 1.807) is 25.1 Å². The van der Waals surface area contributed by atoms with Gasteiger partial charge in [0.15, 0.2) is 0 Å². The molecule has 1 N–H and O–H groups in total. The van der Waals surface area contributed by atoms with Crippen molar-refractivity contribution in [3.05, 3.63) is 53.8 Å². The molecule has 26 heavy (non-hydrogen) atoms. The van der Waals surface area contributed by atoms with Gasteiger partial charge < -0.3 is 9.64 Å². The monoisotopic (exact) mass is 378 g/mol. The van der Waals surface area contributed by atoms with Crippen molar-refractivity contribution in [1.29, 1.82) is 0 Å². The molecule has 8 heteroatoms. The van der Waals surface area contributed by atoms with Gasteiger partial charge in [-0.25, -0.2) is 12.8 Å². The number of methoxy groups -OCH3 is 1. The third-order valence-corrected chi connectivity index (χ3v) is 5.95. The van der Waals surface area contributed by atoms with Crippen LogP contribution in [-0.4, -0.2) is 34.0 Å². The minimum absolute atomic E-state index is 0.0791. The van der Waals surface area contributed by atoms with Crippen LogP contribution in [0.15, 0.2) is 47.4 Å². The zero-order chi connectivity index (χ0) is 18.9. The molecule has 3 rings (SSSR count). The fourth-order valence-corrected chi connectivity index (χ4v) is 4.45. The van der Waals surface area contributed by atoms with Crippen molar-refractivity contribution in [3.63, 3.8) is 0 Å². The molecule has 1 amide bonds. The van der Waals surface area contributed by atoms with E-state index >= 15 is 0 Å². The molecule has 1 unspecified atom stereocenters. The standard InChI is InChI=1S/C18H19FN2O4S/c1-12-11-13(25-2)7-8-17(12)26(23,24)20-15-9-10-21(18(15)22)16-6-4-3-5-14(16)19/h3-8,11,15,20H,9-10H2,1-2H3. The Labute approximate surface area is 151 Å². The lowest BCUT2D eigenvalue weighted by Gasteiger charge is -2.18. The third-order valence-electron chi connectivity index (χ3n) is 4.32. The smallest absolute Gasteiger partial charge is 0.245 e. The fourth-order valence-electron chi connectivity index (χ4n) is 3.00. The number of halogens is 1. The van der Waals surface area contributed by atoms with Crippen LogP contribution in [0.2, 0.25) is 0 Å². The maximum atomic E-state index is 13.9. The summed E-state index contributed by atoms with van der Waals surface area (Å²) in [6, 6.07) is 9.58. The summed E-state index contributed by atoms with van der Waals surface area (Å²) in [5.74, 6) is -0.440.